The number of methoxy groups -OCH3 is 3. The van der Waals surface area contributed by atoms with Gasteiger partial charge in [0.1, 0.15) is 59.2 Å². The topological polar surface area (TPSA) is 366 Å². The number of amides is 1. The quantitative estimate of drug-likeness (QED) is 0.0240. The predicted octanol–water partition coefficient (Wildman–Crippen LogP) is 7.93. The number of rotatable bonds is 18. The Morgan fingerprint density at radius 3 is 2.42 bits per heavy atom. The first-order chi connectivity index (χ1) is 47.3. The Hall–Kier alpha value is -7.47. The summed E-state index contributed by atoms with van der Waals surface area (Å²) in [6.45, 7) is 14.4. The average Bonchev–Trinajstić information content (AvgIpc) is 1.71. The summed E-state index contributed by atoms with van der Waals surface area (Å²) in [5, 5.41) is 49.9. The lowest BCUT2D eigenvalue weighted by atomic mass is 9.78. The normalized spacial score (nSPS) is 30.6. The smallest absolute Gasteiger partial charge is 0.329 e. The first-order valence-electron chi connectivity index (χ1n) is 34.8. The lowest BCUT2D eigenvalue weighted by Crippen LogP contribution is -2.63. The highest BCUT2D eigenvalue weighted by molar-refractivity contribution is 6.39. The Kier molecular flexibility index (Phi) is 26.2. The van der Waals surface area contributed by atoms with Crippen molar-refractivity contribution in [1.29, 1.82) is 0 Å². The molecule has 7 N–H and O–H groups in total. The van der Waals surface area contributed by atoms with Gasteiger partial charge in [0.15, 0.2) is 22.8 Å². The van der Waals surface area contributed by atoms with E-state index in [1.54, 1.807) is 63.8 Å². The van der Waals surface area contributed by atoms with E-state index in [2.05, 4.69) is 25.3 Å². The number of aliphatic hydroxyl groups excluding tert-OH is 1. The summed E-state index contributed by atoms with van der Waals surface area (Å²) >= 11 is 0. The van der Waals surface area contributed by atoms with Crippen molar-refractivity contribution >= 4 is 63.2 Å². The zero-order chi connectivity index (χ0) is 71.3. The van der Waals surface area contributed by atoms with Crippen LogP contribution in [0, 0.1) is 35.5 Å². The van der Waals surface area contributed by atoms with Gasteiger partial charge in [-0.1, -0.05) is 76.3 Å². The molecule has 3 fully saturated rings. The molecule has 2 bridgehead atoms. The minimum Gasteiger partial charge on any atom is -0.460 e. The van der Waals surface area contributed by atoms with Gasteiger partial charge in [0.05, 0.1) is 49.7 Å². The van der Waals surface area contributed by atoms with Crippen LogP contribution in [0.2, 0.25) is 0 Å². The maximum absolute atomic E-state index is 14.8. The summed E-state index contributed by atoms with van der Waals surface area (Å²) in [4.78, 5) is 86.4. The molecule has 15 atom stereocenters. The maximum Gasteiger partial charge on any atom is 0.329 e. The van der Waals surface area contributed by atoms with Crippen molar-refractivity contribution in [3.05, 3.63) is 84.0 Å². The SMILES string of the molecule is CO[C@H]1C[C@]2(O)CC[C@@H](C)[C@@](O)(O2)C(=O)C(=O)N2CCCC[C@H]2C(=O)O[C@H]([C@H](C)C[C@@H]2CC[C@@H](OCCOCc3cn(CCCCn4nc(-c5ccc6oc(N)nc6c5)c5c(N)ncnc54)nn3)[C@H](OC)C2)CC(=O)[C@H](C)/C=C(\C)[C@@H](O)[C@@H](OC)C(=O)[C@H](C)C[C@H](C)/C=C/C=CC=C1C. The number of oxazole rings is 1. The van der Waals surface area contributed by atoms with Crippen LogP contribution in [-0.4, -0.2) is 184 Å². The molecule has 4 aromatic heterocycles. The summed E-state index contributed by atoms with van der Waals surface area (Å²) < 4.78 is 51.3. The van der Waals surface area contributed by atoms with E-state index >= 15 is 0 Å². The number of benzene rings is 1. The molecule has 1 amide bonds. The van der Waals surface area contributed by atoms with E-state index in [0.717, 1.165) is 29.7 Å². The Morgan fingerprint density at radius 2 is 1.66 bits per heavy atom. The highest BCUT2D eigenvalue weighted by Gasteiger charge is 2.57. The summed E-state index contributed by atoms with van der Waals surface area (Å²) in [5.74, 6) is -11.0. The number of Topliss-reactive ketones (excluding diaryl/α,β-unsaturated/α-hetero) is 3. The molecule has 4 aliphatic rings. The molecule has 5 aromatic rings. The molecule has 27 heteroatoms. The third kappa shape index (κ3) is 18.7. The molecule has 7 heterocycles. The van der Waals surface area contributed by atoms with E-state index in [-0.39, 0.29) is 86.9 Å². The number of allylic oxidation sites excluding steroid dienone is 6. The Balaban J connectivity index is 0.817. The second-order valence-electron chi connectivity index (χ2n) is 27.7. The number of carbonyl (C=O) groups excluding carboxylic acids is 5. The zero-order valence-corrected chi connectivity index (χ0v) is 58.8. The number of nitrogen functional groups attached to an aromatic ring is 2. The van der Waals surface area contributed by atoms with Crippen molar-refractivity contribution in [3.8, 4) is 11.3 Å². The Morgan fingerprint density at radius 1 is 0.869 bits per heavy atom. The predicted molar refractivity (Wildman–Crippen MR) is 366 cm³/mol. The first kappa shape index (κ1) is 75.7. The van der Waals surface area contributed by atoms with Gasteiger partial charge in [0.2, 0.25) is 5.79 Å². The van der Waals surface area contributed by atoms with Crippen LogP contribution >= 0.6 is 0 Å². The molecule has 9 rings (SSSR count). The van der Waals surface area contributed by atoms with Crippen LogP contribution < -0.4 is 11.5 Å². The highest BCUT2D eigenvalue weighted by atomic mass is 16.7. The first-order valence-corrected chi connectivity index (χ1v) is 34.8. The van der Waals surface area contributed by atoms with E-state index < -0.39 is 83.4 Å². The number of hydrogen-bond acceptors (Lipinski definition) is 24. The van der Waals surface area contributed by atoms with Gasteiger partial charge in [-0.05, 0) is 132 Å². The minimum absolute atomic E-state index is 0.00434. The van der Waals surface area contributed by atoms with E-state index in [4.69, 9.17) is 54.1 Å². The van der Waals surface area contributed by atoms with Crippen molar-refractivity contribution in [2.75, 3.05) is 52.6 Å². The van der Waals surface area contributed by atoms with Crippen LogP contribution in [0.15, 0.2) is 82.7 Å². The molecule has 99 heavy (non-hydrogen) atoms. The van der Waals surface area contributed by atoms with Crippen molar-refractivity contribution in [2.24, 2.45) is 35.5 Å². The number of aryl methyl sites for hydroxylation is 2. The molecule has 540 valence electrons. The molecule has 1 aromatic carbocycles. The van der Waals surface area contributed by atoms with Gasteiger partial charge in [-0.3, -0.25) is 23.9 Å². The molecular weight excluding hydrogens is 1270 g/mol. The number of ketones is 3. The van der Waals surface area contributed by atoms with E-state index in [1.165, 1.54) is 20.5 Å². The fourth-order valence-electron chi connectivity index (χ4n) is 14.3. The summed E-state index contributed by atoms with van der Waals surface area (Å²) in [6, 6.07) is 4.34. The molecule has 1 aliphatic carbocycles. The number of anilines is 2. The molecule has 2 saturated heterocycles. The number of aromatic nitrogens is 8. The van der Waals surface area contributed by atoms with Gasteiger partial charge >= 0.3 is 5.97 Å². The number of carbonyl (C=O) groups is 5. The number of nitrogens with two attached hydrogens (primary N) is 2. The fourth-order valence-corrected chi connectivity index (χ4v) is 14.3. The van der Waals surface area contributed by atoms with Crippen LogP contribution in [0.4, 0.5) is 11.8 Å². The molecule has 27 nitrogen and oxygen atoms in total. The van der Waals surface area contributed by atoms with Crippen molar-refractivity contribution in [2.45, 2.75) is 212 Å². The number of fused-ring (bicyclic) bond motifs is 5. The number of nitrogens with zero attached hydrogens (tertiary/aromatic N) is 9. The number of esters is 1. The lowest BCUT2D eigenvalue weighted by Gasteiger charge is -2.46. The van der Waals surface area contributed by atoms with Crippen LogP contribution in [0.1, 0.15) is 144 Å². The van der Waals surface area contributed by atoms with E-state index in [9.17, 15) is 39.3 Å². The fraction of sp³-hybridized carbons (Fsp3) is 0.625. The number of cyclic esters (lactones) is 1. The van der Waals surface area contributed by atoms with Gasteiger partial charge in [0.25, 0.3) is 17.7 Å². The standard InChI is InChI=1S/C72H101N11O16/c1-42-18-12-11-13-19-43(2)59(93-9)38-71(90)26-25-48(7)72(91,99-71)65(87)68(88)82-28-15-14-20-53(82)69(89)97-57(37-54(84)44(3)33-47(6)63(86)64(94-10)62(85)46(5)32-42)45(4)34-49-21-23-56(58(35-49)92-8)96-31-30-95-40-51-39-81(80-78-51)27-16-17-29-83-67-60(66(73)75-41-76-67)61(79-83)50-22-24-55-52(36-50)77-70(74)98-55/h11-13,18-19,22,24,33,36,39,41-42,44-46,48-49,53,56-59,63-64,86,90-91H,14-17,20-21,23,25-32,34-35,37-38,40H2,1-10H3,(H2,74,77)(H2,73,75,76)/b13-11?,18-12+,43-19?,47-33+/t42-,44-,45-,46-,48-,49+,53+,56-,57+,58-,59+,63-,64+,71+,72-/m1/s1. The molecule has 0 unspecified atom stereocenters. The van der Waals surface area contributed by atoms with Gasteiger partial charge in [-0.25, -0.2) is 19.4 Å². The van der Waals surface area contributed by atoms with Crippen LogP contribution in [0.3, 0.4) is 0 Å². The van der Waals surface area contributed by atoms with Crippen LogP contribution in [0.5, 0.6) is 0 Å². The number of ether oxygens (including phenoxy) is 7. The van der Waals surface area contributed by atoms with Crippen LogP contribution in [-0.2, 0) is 76.8 Å². The number of hydrogen-bond donors (Lipinski definition) is 5. The number of aliphatic hydroxyl groups is 3. The molecule has 1 saturated carbocycles. The van der Waals surface area contributed by atoms with E-state index in [1.807, 2.05) is 62.0 Å². The zero-order valence-electron chi connectivity index (χ0n) is 58.8. The maximum atomic E-state index is 14.8. The molecular formula is C72H101N11O16. The monoisotopic (exact) mass is 1380 g/mol. The summed E-state index contributed by atoms with van der Waals surface area (Å²) in [6.07, 6.45) is 14.7. The number of piperidine rings is 1. The van der Waals surface area contributed by atoms with Gasteiger partial charge in [-0.15, -0.1) is 5.10 Å². The Bertz CT molecular complexity index is 3730. The molecule has 0 radical (unpaired) electrons. The van der Waals surface area contributed by atoms with E-state index in [0.29, 0.717) is 115 Å². The van der Waals surface area contributed by atoms with Crippen molar-refractivity contribution in [3.63, 3.8) is 0 Å². The lowest BCUT2D eigenvalue weighted by molar-refractivity contribution is -0.360. The van der Waals surface area contributed by atoms with Gasteiger partial charge in [0, 0.05) is 83.5 Å². The van der Waals surface area contributed by atoms with Gasteiger partial charge < -0.3 is 69.3 Å². The average molecular weight is 1380 g/mol. The van der Waals surface area contributed by atoms with Crippen molar-refractivity contribution in [1.82, 2.24) is 44.6 Å². The molecule has 3 aliphatic heterocycles. The highest BCUT2D eigenvalue weighted by Crippen LogP contribution is 2.42. The third-order valence-corrected chi connectivity index (χ3v) is 20.2. The van der Waals surface area contributed by atoms with Crippen molar-refractivity contribution < 1.29 is 76.9 Å². The number of unbranched alkanes of at least 4 members (excludes halogenated alkanes) is 1. The second-order valence-corrected chi connectivity index (χ2v) is 27.7. The summed E-state index contributed by atoms with van der Waals surface area (Å²) in [5.41, 5.74) is 17.1. The molecule has 0 spiro atoms. The van der Waals surface area contributed by atoms with Crippen LogP contribution in [0.25, 0.3) is 33.4 Å². The second kappa shape index (κ2) is 34.3. The largest absolute Gasteiger partial charge is 0.460 e. The Labute approximate surface area is 578 Å². The minimum atomic E-state index is -2.75. The third-order valence-electron chi connectivity index (χ3n) is 20.2. The summed E-state index contributed by atoms with van der Waals surface area (Å²) in [7, 11) is 4.48. The van der Waals surface area contributed by atoms with Gasteiger partial charge in [-0.2, -0.15) is 10.1 Å².